The number of nitrogens with one attached hydrogen (secondary N) is 1. The van der Waals surface area contributed by atoms with Crippen molar-refractivity contribution in [2.24, 2.45) is 0 Å². The molecular formula is C23H24FN3O3S. The van der Waals surface area contributed by atoms with Gasteiger partial charge < -0.3 is 5.32 Å². The quantitative estimate of drug-likeness (QED) is 0.660. The minimum Gasteiger partial charge on any atom is -0.324 e. The molecule has 6 nitrogen and oxygen atoms in total. The fourth-order valence-electron chi connectivity index (χ4n) is 3.86. The van der Waals surface area contributed by atoms with Crippen molar-refractivity contribution in [1.29, 1.82) is 0 Å². The number of amides is 1. The predicted octanol–water partition coefficient (Wildman–Crippen LogP) is 3.31. The monoisotopic (exact) mass is 441 g/mol. The van der Waals surface area contributed by atoms with Gasteiger partial charge in [-0.3, -0.25) is 9.69 Å². The lowest BCUT2D eigenvalue weighted by molar-refractivity contribution is -0.121. The summed E-state index contributed by atoms with van der Waals surface area (Å²) in [6, 6.07) is 18.5. The van der Waals surface area contributed by atoms with Gasteiger partial charge in [-0.15, -0.1) is 0 Å². The number of fused-ring (bicyclic) bond motifs is 1. The molecule has 1 amide bonds. The molecule has 1 atom stereocenters. The molecule has 1 saturated heterocycles. The van der Waals surface area contributed by atoms with Crippen LogP contribution in [0.4, 0.5) is 10.1 Å². The van der Waals surface area contributed by atoms with Gasteiger partial charge in [-0.1, -0.05) is 48.5 Å². The maximum absolute atomic E-state index is 14.0. The summed E-state index contributed by atoms with van der Waals surface area (Å²) in [7, 11) is -3.90. The first-order valence-corrected chi connectivity index (χ1v) is 11.6. The summed E-state index contributed by atoms with van der Waals surface area (Å²) < 4.78 is 40.8. The number of rotatable bonds is 5. The van der Waals surface area contributed by atoms with Gasteiger partial charge in [-0.2, -0.15) is 4.31 Å². The zero-order valence-electron chi connectivity index (χ0n) is 17.2. The molecule has 31 heavy (non-hydrogen) atoms. The lowest BCUT2D eigenvalue weighted by Crippen LogP contribution is -2.54. The zero-order chi connectivity index (χ0) is 22.0. The van der Waals surface area contributed by atoms with Crippen LogP contribution in [0.3, 0.4) is 0 Å². The van der Waals surface area contributed by atoms with E-state index < -0.39 is 21.9 Å². The van der Waals surface area contributed by atoms with E-state index in [1.807, 2.05) is 54.3 Å². The van der Waals surface area contributed by atoms with E-state index in [1.54, 1.807) is 0 Å². The van der Waals surface area contributed by atoms with E-state index >= 15 is 0 Å². The van der Waals surface area contributed by atoms with E-state index in [9.17, 15) is 17.6 Å². The van der Waals surface area contributed by atoms with Crippen LogP contribution >= 0.6 is 0 Å². The number of benzene rings is 3. The number of hydrogen-bond acceptors (Lipinski definition) is 4. The highest BCUT2D eigenvalue weighted by atomic mass is 32.2. The van der Waals surface area contributed by atoms with Gasteiger partial charge in [0.15, 0.2) is 0 Å². The number of hydrogen-bond donors (Lipinski definition) is 1. The van der Waals surface area contributed by atoms with Gasteiger partial charge in [0.2, 0.25) is 15.9 Å². The minimum absolute atomic E-state index is 0.151. The fourth-order valence-corrected chi connectivity index (χ4v) is 5.35. The second-order valence-corrected chi connectivity index (χ2v) is 9.47. The van der Waals surface area contributed by atoms with Gasteiger partial charge in [0.1, 0.15) is 10.7 Å². The lowest BCUT2D eigenvalue weighted by Gasteiger charge is -2.36. The van der Waals surface area contributed by atoms with Crippen molar-refractivity contribution in [3.63, 3.8) is 0 Å². The number of anilines is 1. The van der Waals surface area contributed by atoms with Crippen LogP contribution in [0, 0.1) is 5.82 Å². The molecule has 0 aromatic heterocycles. The van der Waals surface area contributed by atoms with Crippen molar-refractivity contribution < 1.29 is 17.6 Å². The SMILES string of the molecule is CC(C(=O)Nc1cccc2ccccc12)N1CCN(S(=O)(=O)c2ccccc2F)CC1. The molecule has 162 valence electrons. The number of nitrogens with zero attached hydrogens (tertiary/aromatic N) is 2. The largest absolute Gasteiger partial charge is 0.324 e. The van der Waals surface area contributed by atoms with E-state index in [2.05, 4.69) is 5.32 Å². The van der Waals surface area contributed by atoms with Crippen molar-refractivity contribution in [2.75, 3.05) is 31.5 Å². The molecule has 1 unspecified atom stereocenters. The molecular weight excluding hydrogens is 417 g/mol. The van der Waals surface area contributed by atoms with Crippen LogP contribution in [0.5, 0.6) is 0 Å². The summed E-state index contributed by atoms with van der Waals surface area (Å²) in [5.74, 6) is -0.908. The predicted molar refractivity (Wildman–Crippen MR) is 119 cm³/mol. The molecule has 1 heterocycles. The smallest absolute Gasteiger partial charge is 0.246 e. The summed E-state index contributed by atoms with van der Waals surface area (Å²) in [6.45, 7) is 2.97. The molecule has 3 aromatic carbocycles. The number of halogens is 1. The third-order valence-electron chi connectivity index (χ3n) is 5.70. The molecule has 0 radical (unpaired) electrons. The summed E-state index contributed by atoms with van der Waals surface area (Å²) >= 11 is 0. The highest BCUT2D eigenvalue weighted by molar-refractivity contribution is 7.89. The Kier molecular flexibility index (Phi) is 6.04. The van der Waals surface area contributed by atoms with E-state index in [1.165, 1.54) is 22.5 Å². The van der Waals surface area contributed by atoms with Gasteiger partial charge in [0.05, 0.1) is 6.04 Å². The second kappa shape index (κ2) is 8.74. The lowest BCUT2D eigenvalue weighted by atomic mass is 10.1. The Hall–Kier alpha value is -2.81. The molecule has 0 spiro atoms. The highest BCUT2D eigenvalue weighted by Gasteiger charge is 2.33. The van der Waals surface area contributed by atoms with Crippen LogP contribution in [0.1, 0.15) is 6.92 Å². The van der Waals surface area contributed by atoms with Gasteiger partial charge in [-0.25, -0.2) is 12.8 Å². The second-order valence-electron chi connectivity index (χ2n) is 7.56. The molecule has 1 aliphatic rings. The van der Waals surface area contributed by atoms with Gasteiger partial charge in [0.25, 0.3) is 0 Å². The van der Waals surface area contributed by atoms with Crippen LogP contribution in [-0.4, -0.2) is 55.8 Å². The van der Waals surface area contributed by atoms with Crippen molar-refractivity contribution in [1.82, 2.24) is 9.21 Å². The Balaban J connectivity index is 1.41. The van der Waals surface area contributed by atoms with Crippen LogP contribution in [0.2, 0.25) is 0 Å². The average Bonchev–Trinajstić information content (AvgIpc) is 2.79. The minimum atomic E-state index is -3.90. The molecule has 0 aliphatic carbocycles. The molecule has 8 heteroatoms. The van der Waals surface area contributed by atoms with E-state index in [-0.39, 0.29) is 23.9 Å². The normalized spacial score (nSPS) is 16.8. The first kappa shape index (κ1) is 21.4. The first-order chi connectivity index (χ1) is 14.9. The molecule has 1 N–H and O–H groups in total. The Morgan fingerprint density at radius 1 is 0.935 bits per heavy atom. The fraction of sp³-hybridized carbons (Fsp3) is 0.261. The van der Waals surface area contributed by atoms with Crippen molar-refractivity contribution in [2.45, 2.75) is 17.9 Å². The highest BCUT2D eigenvalue weighted by Crippen LogP contribution is 2.24. The summed E-state index contributed by atoms with van der Waals surface area (Å²) in [4.78, 5) is 14.5. The van der Waals surface area contributed by atoms with Crippen LogP contribution in [0.25, 0.3) is 10.8 Å². The van der Waals surface area contributed by atoms with Crippen LogP contribution in [-0.2, 0) is 14.8 Å². The first-order valence-electron chi connectivity index (χ1n) is 10.2. The van der Waals surface area contributed by atoms with E-state index in [0.717, 1.165) is 22.5 Å². The van der Waals surface area contributed by atoms with Gasteiger partial charge in [-0.05, 0) is 30.5 Å². The molecule has 3 aromatic rings. The van der Waals surface area contributed by atoms with Gasteiger partial charge in [0, 0.05) is 37.3 Å². The Labute approximate surface area is 181 Å². The number of carbonyl (C=O) groups is 1. The average molecular weight is 442 g/mol. The zero-order valence-corrected chi connectivity index (χ0v) is 18.0. The van der Waals surface area contributed by atoms with Crippen molar-refractivity contribution >= 4 is 32.4 Å². The Morgan fingerprint density at radius 3 is 2.32 bits per heavy atom. The standard InChI is InChI=1S/C23H24FN3O3S/c1-17(23(28)25-21-11-6-8-18-7-2-3-9-19(18)21)26-13-15-27(16-14-26)31(29,30)22-12-5-4-10-20(22)24/h2-12,17H,13-16H2,1H3,(H,25,28). The van der Waals surface area contributed by atoms with E-state index in [0.29, 0.717) is 13.1 Å². The van der Waals surface area contributed by atoms with E-state index in [4.69, 9.17) is 0 Å². The molecule has 1 fully saturated rings. The van der Waals surface area contributed by atoms with Crippen LogP contribution < -0.4 is 5.32 Å². The number of carbonyl (C=O) groups excluding carboxylic acids is 1. The molecule has 0 bridgehead atoms. The molecule has 0 saturated carbocycles. The maximum Gasteiger partial charge on any atom is 0.246 e. The third-order valence-corrected chi connectivity index (χ3v) is 7.63. The summed E-state index contributed by atoms with van der Waals surface area (Å²) in [5.41, 5.74) is 0.746. The molecule has 1 aliphatic heterocycles. The number of sulfonamides is 1. The van der Waals surface area contributed by atoms with Crippen molar-refractivity contribution in [3.05, 3.63) is 72.5 Å². The van der Waals surface area contributed by atoms with Crippen LogP contribution in [0.15, 0.2) is 71.6 Å². The summed E-state index contributed by atoms with van der Waals surface area (Å²) in [6.07, 6.45) is 0. The molecule has 4 rings (SSSR count). The number of piperazine rings is 1. The Morgan fingerprint density at radius 2 is 1.58 bits per heavy atom. The maximum atomic E-state index is 14.0. The topological polar surface area (TPSA) is 69.7 Å². The summed E-state index contributed by atoms with van der Waals surface area (Å²) in [5, 5.41) is 5.00. The Bertz CT molecular complexity index is 1200. The third kappa shape index (κ3) is 4.32. The van der Waals surface area contributed by atoms with Gasteiger partial charge >= 0.3 is 0 Å². The van der Waals surface area contributed by atoms with Crippen molar-refractivity contribution in [3.8, 4) is 0 Å².